The zero-order valence-corrected chi connectivity index (χ0v) is 17.0. The number of ether oxygens (including phenoxy) is 1. The number of fused-ring (bicyclic) bond motifs is 1. The number of nitrogens with zero attached hydrogens (tertiary/aromatic N) is 2. The monoisotopic (exact) mass is 385 g/mol. The molecule has 1 unspecified atom stereocenters. The molecule has 0 aliphatic carbocycles. The van der Waals surface area contributed by atoms with Crippen molar-refractivity contribution >= 4 is 5.65 Å². The van der Waals surface area contributed by atoms with E-state index in [-0.39, 0.29) is 0 Å². The topological polar surface area (TPSA) is 38.6 Å². The Labute approximate surface area is 172 Å². The molecule has 29 heavy (non-hydrogen) atoms. The summed E-state index contributed by atoms with van der Waals surface area (Å²) in [5, 5.41) is 3.54. The third kappa shape index (κ3) is 4.66. The first-order valence-electron chi connectivity index (χ1n) is 10.2. The molecule has 0 fully saturated rings. The van der Waals surface area contributed by atoms with Crippen molar-refractivity contribution in [2.75, 3.05) is 13.2 Å². The predicted molar refractivity (Wildman–Crippen MR) is 118 cm³/mol. The van der Waals surface area contributed by atoms with Gasteiger partial charge in [0.15, 0.2) is 0 Å². The van der Waals surface area contributed by atoms with Crippen LogP contribution in [0.5, 0.6) is 5.75 Å². The van der Waals surface area contributed by atoms with Crippen LogP contribution in [0.3, 0.4) is 0 Å². The molecule has 0 aliphatic heterocycles. The van der Waals surface area contributed by atoms with Crippen molar-refractivity contribution in [1.82, 2.24) is 14.7 Å². The van der Waals surface area contributed by atoms with Crippen molar-refractivity contribution < 1.29 is 4.74 Å². The van der Waals surface area contributed by atoms with E-state index in [0.717, 1.165) is 35.6 Å². The van der Waals surface area contributed by atoms with Gasteiger partial charge in [0.1, 0.15) is 11.4 Å². The largest absolute Gasteiger partial charge is 0.494 e. The smallest absolute Gasteiger partial charge is 0.140 e. The molecular formula is C25H27N3O. The first-order valence-corrected chi connectivity index (χ1v) is 10.2. The summed E-state index contributed by atoms with van der Waals surface area (Å²) >= 11 is 0. The summed E-state index contributed by atoms with van der Waals surface area (Å²) in [4.78, 5) is 4.75. The van der Waals surface area contributed by atoms with Gasteiger partial charge in [-0.05, 0) is 68.3 Å². The van der Waals surface area contributed by atoms with Gasteiger partial charge in [0.25, 0.3) is 0 Å². The summed E-state index contributed by atoms with van der Waals surface area (Å²) in [7, 11) is 0. The highest BCUT2D eigenvalue weighted by molar-refractivity contribution is 5.64. The van der Waals surface area contributed by atoms with Crippen LogP contribution in [0.25, 0.3) is 16.9 Å². The normalized spacial score (nSPS) is 12.2. The van der Waals surface area contributed by atoms with Crippen molar-refractivity contribution in [2.24, 2.45) is 0 Å². The van der Waals surface area contributed by atoms with E-state index >= 15 is 0 Å². The van der Waals surface area contributed by atoms with Gasteiger partial charge in [-0.2, -0.15) is 0 Å². The second kappa shape index (κ2) is 8.93. The molecule has 4 nitrogen and oxygen atoms in total. The Balaban J connectivity index is 1.27. The molecule has 0 saturated carbocycles. The third-order valence-corrected chi connectivity index (χ3v) is 5.17. The van der Waals surface area contributed by atoms with Gasteiger partial charge in [-0.1, -0.05) is 36.4 Å². The molecule has 1 atom stereocenters. The van der Waals surface area contributed by atoms with E-state index in [4.69, 9.17) is 9.72 Å². The summed E-state index contributed by atoms with van der Waals surface area (Å²) in [6, 6.07) is 23.2. The molecule has 4 aromatic rings. The summed E-state index contributed by atoms with van der Waals surface area (Å²) in [6.07, 6.45) is 5.06. The highest BCUT2D eigenvalue weighted by Gasteiger charge is 2.07. The van der Waals surface area contributed by atoms with Gasteiger partial charge < -0.3 is 14.5 Å². The third-order valence-electron chi connectivity index (χ3n) is 5.17. The lowest BCUT2D eigenvalue weighted by molar-refractivity contribution is 0.305. The molecule has 2 aromatic carbocycles. The molecule has 4 heteroatoms. The number of aryl methyl sites for hydroxylation is 1. The molecule has 0 aliphatic rings. The second-order valence-electron chi connectivity index (χ2n) is 7.36. The Morgan fingerprint density at radius 3 is 2.55 bits per heavy atom. The van der Waals surface area contributed by atoms with Gasteiger partial charge in [-0.3, -0.25) is 0 Å². The zero-order chi connectivity index (χ0) is 20.1. The second-order valence-corrected chi connectivity index (χ2v) is 7.36. The average Bonchev–Trinajstić information content (AvgIpc) is 3.20. The van der Waals surface area contributed by atoms with Crippen molar-refractivity contribution in [3.63, 3.8) is 0 Å². The van der Waals surface area contributed by atoms with Gasteiger partial charge in [0, 0.05) is 24.0 Å². The minimum Gasteiger partial charge on any atom is -0.494 e. The highest BCUT2D eigenvalue weighted by atomic mass is 16.5. The summed E-state index contributed by atoms with van der Waals surface area (Å²) in [5.74, 6) is 0.893. The summed E-state index contributed by atoms with van der Waals surface area (Å²) in [6.45, 7) is 5.89. The zero-order valence-electron chi connectivity index (χ0n) is 17.0. The lowest BCUT2D eigenvalue weighted by atomic mass is 10.1. The lowest BCUT2D eigenvalue weighted by Crippen LogP contribution is -2.21. The number of hydrogen-bond acceptors (Lipinski definition) is 3. The van der Waals surface area contributed by atoms with Gasteiger partial charge in [0.2, 0.25) is 0 Å². The highest BCUT2D eigenvalue weighted by Crippen LogP contribution is 2.23. The standard InChI is InChI=1S/C25H27N3O/c1-19-8-6-16-28-18-24(27-25(19)28)22-11-13-23(14-12-22)29-17-7-15-26-20(2)21-9-4-3-5-10-21/h3-6,8-14,16,18,20,26H,7,15,17H2,1-2H3. The minimum atomic E-state index is 0.351. The maximum atomic E-state index is 5.90. The number of aromatic nitrogens is 2. The van der Waals surface area contributed by atoms with E-state index < -0.39 is 0 Å². The van der Waals surface area contributed by atoms with Crippen LogP contribution in [-0.2, 0) is 0 Å². The Morgan fingerprint density at radius 2 is 1.79 bits per heavy atom. The van der Waals surface area contributed by atoms with Crippen LogP contribution in [0, 0.1) is 6.92 Å². The molecule has 0 bridgehead atoms. The molecule has 1 N–H and O–H groups in total. The van der Waals surface area contributed by atoms with E-state index in [9.17, 15) is 0 Å². The first kappa shape index (κ1) is 19.2. The van der Waals surface area contributed by atoms with Crippen LogP contribution in [0.2, 0.25) is 0 Å². The quantitative estimate of drug-likeness (QED) is 0.411. The fourth-order valence-corrected chi connectivity index (χ4v) is 3.45. The molecule has 0 amide bonds. The Hall–Kier alpha value is -3.11. The minimum absolute atomic E-state index is 0.351. The number of nitrogens with one attached hydrogen (secondary N) is 1. The van der Waals surface area contributed by atoms with Crippen LogP contribution < -0.4 is 10.1 Å². The first-order chi connectivity index (χ1) is 14.2. The van der Waals surface area contributed by atoms with E-state index in [0.29, 0.717) is 12.6 Å². The van der Waals surface area contributed by atoms with Crippen LogP contribution in [0.1, 0.15) is 30.5 Å². The van der Waals surface area contributed by atoms with Crippen LogP contribution in [-0.4, -0.2) is 22.5 Å². The Bertz CT molecular complexity index is 1050. The van der Waals surface area contributed by atoms with Crippen molar-refractivity contribution in [3.8, 4) is 17.0 Å². The number of benzene rings is 2. The molecule has 4 rings (SSSR count). The van der Waals surface area contributed by atoms with Crippen molar-refractivity contribution in [2.45, 2.75) is 26.3 Å². The molecule has 2 heterocycles. The molecule has 0 spiro atoms. The van der Waals surface area contributed by atoms with Crippen molar-refractivity contribution in [3.05, 3.63) is 90.3 Å². The van der Waals surface area contributed by atoms with Gasteiger partial charge in [-0.25, -0.2) is 4.98 Å². The lowest BCUT2D eigenvalue weighted by Gasteiger charge is -2.14. The van der Waals surface area contributed by atoms with Crippen LogP contribution in [0.4, 0.5) is 0 Å². The van der Waals surface area contributed by atoms with Gasteiger partial charge in [-0.15, -0.1) is 0 Å². The van der Waals surface area contributed by atoms with Gasteiger partial charge in [0.05, 0.1) is 12.3 Å². The molecule has 0 radical (unpaired) electrons. The van der Waals surface area contributed by atoms with E-state index in [1.165, 1.54) is 11.1 Å². The maximum Gasteiger partial charge on any atom is 0.140 e. The fraction of sp³-hybridized carbons (Fsp3) is 0.240. The van der Waals surface area contributed by atoms with E-state index in [1.807, 2.05) is 30.5 Å². The number of hydrogen-bond donors (Lipinski definition) is 1. The summed E-state index contributed by atoms with van der Waals surface area (Å²) in [5.41, 5.74) is 5.56. The number of imidazole rings is 1. The summed E-state index contributed by atoms with van der Waals surface area (Å²) < 4.78 is 7.96. The van der Waals surface area contributed by atoms with Crippen LogP contribution >= 0.6 is 0 Å². The van der Waals surface area contributed by atoms with E-state index in [1.54, 1.807) is 0 Å². The molecule has 0 saturated heterocycles. The van der Waals surface area contributed by atoms with Crippen LogP contribution in [0.15, 0.2) is 79.1 Å². The SMILES string of the molecule is Cc1cccn2cc(-c3ccc(OCCCNC(C)c4ccccc4)cc3)nc12. The number of rotatable bonds is 8. The average molecular weight is 386 g/mol. The van der Waals surface area contributed by atoms with Gasteiger partial charge >= 0.3 is 0 Å². The molecular weight excluding hydrogens is 358 g/mol. The van der Waals surface area contributed by atoms with Crippen molar-refractivity contribution in [1.29, 1.82) is 0 Å². The van der Waals surface area contributed by atoms with E-state index in [2.05, 4.69) is 72.2 Å². The Morgan fingerprint density at radius 1 is 1.00 bits per heavy atom. The molecule has 2 aromatic heterocycles. The Kier molecular flexibility index (Phi) is 5.92. The fourth-order valence-electron chi connectivity index (χ4n) is 3.45. The number of pyridine rings is 1. The maximum absolute atomic E-state index is 5.90. The predicted octanol–water partition coefficient (Wildman–Crippen LogP) is 5.43. The molecule has 148 valence electrons.